The fourth-order valence-corrected chi connectivity index (χ4v) is 5.43. The number of carbonyl (C=O) groups is 1. The van der Waals surface area contributed by atoms with Crippen molar-refractivity contribution in [3.8, 4) is 0 Å². The molecule has 1 aromatic rings. The fraction of sp³-hybridized carbons (Fsp3) is 0.800. The summed E-state index contributed by atoms with van der Waals surface area (Å²) in [5.74, 6) is 1.15. The maximum absolute atomic E-state index is 13.3. The predicted octanol–water partition coefficient (Wildman–Crippen LogP) is 0.580. The first-order valence-corrected chi connectivity index (χ1v) is 10.5. The molecular formula is C20H32N6O. The number of amides is 1. The summed E-state index contributed by atoms with van der Waals surface area (Å²) >= 11 is 0. The molecule has 4 aliphatic rings. The number of likely N-dealkylation sites (N-methyl/N-ethyl adjacent to an activating group) is 1. The number of hydrogen-bond acceptors (Lipinski definition) is 5. The highest BCUT2D eigenvalue weighted by molar-refractivity contribution is 5.85. The van der Waals surface area contributed by atoms with E-state index in [0.29, 0.717) is 5.91 Å². The number of hydrogen-bond donors (Lipinski definition) is 0. The summed E-state index contributed by atoms with van der Waals surface area (Å²) in [4.78, 5) is 23.1. The van der Waals surface area contributed by atoms with Crippen LogP contribution in [-0.4, -0.2) is 93.3 Å². The van der Waals surface area contributed by atoms with Gasteiger partial charge in [0.05, 0.1) is 11.9 Å². The summed E-state index contributed by atoms with van der Waals surface area (Å²) in [6.07, 6.45) is 8.84. The number of piperazine rings is 1. The van der Waals surface area contributed by atoms with Gasteiger partial charge in [0.2, 0.25) is 5.91 Å². The SMILES string of the molecule is CN1CCN2[C@H](C1)C(=O)N(CC1CC1)C21CCN(Cc2cnn(C)c2)CC1. The van der Waals surface area contributed by atoms with Crippen molar-refractivity contribution in [2.75, 3.05) is 46.3 Å². The number of likely N-dealkylation sites (tertiary alicyclic amines) is 1. The van der Waals surface area contributed by atoms with Crippen molar-refractivity contribution < 1.29 is 4.79 Å². The van der Waals surface area contributed by atoms with Crippen LogP contribution in [0.2, 0.25) is 0 Å². The lowest BCUT2D eigenvalue weighted by atomic mass is 9.93. The van der Waals surface area contributed by atoms with Gasteiger partial charge in [-0.25, -0.2) is 0 Å². The highest BCUT2D eigenvalue weighted by atomic mass is 16.2. The first kappa shape index (κ1) is 17.6. The van der Waals surface area contributed by atoms with Crippen molar-refractivity contribution in [3.63, 3.8) is 0 Å². The van der Waals surface area contributed by atoms with Crippen molar-refractivity contribution in [3.05, 3.63) is 18.0 Å². The van der Waals surface area contributed by atoms with Crippen LogP contribution in [-0.2, 0) is 18.4 Å². The van der Waals surface area contributed by atoms with Crippen LogP contribution in [0.5, 0.6) is 0 Å². The molecule has 1 aromatic heterocycles. The molecule has 4 heterocycles. The molecule has 3 saturated heterocycles. The van der Waals surface area contributed by atoms with Gasteiger partial charge in [-0.3, -0.25) is 19.3 Å². The Morgan fingerprint density at radius 3 is 2.59 bits per heavy atom. The number of aryl methyl sites for hydroxylation is 1. The molecule has 0 N–H and O–H groups in total. The minimum absolute atomic E-state index is 0.0307. The summed E-state index contributed by atoms with van der Waals surface area (Å²) in [6, 6.07) is 0.0763. The maximum atomic E-state index is 13.3. The van der Waals surface area contributed by atoms with E-state index in [1.165, 1.54) is 18.4 Å². The minimum Gasteiger partial charge on any atom is -0.322 e. The summed E-state index contributed by atoms with van der Waals surface area (Å²) in [5.41, 5.74) is 1.25. The van der Waals surface area contributed by atoms with Crippen molar-refractivity contribution >= 4 is 5.91 Å². The average Bonchev–Trinajstić information content (AvgIpc) is 3.36. The topological polar surface area (TPSA) is 47.9 Å². The third-order valence-electron chi connectivity index (χ3n) is 7.13. The van der Waals surface area contributed by atoms with Gasteiger partial charge < -0.3 is 9.80 Å². The Morgan fingerprint density at radius 1 is 1.15 bits per heavy atom. The Balaban J connectivity index is 1.33. The second kappa shape index (κ2) is 6.57. The number of rotatable bonds is 4. The van der Waals surface area contributed by atoms with Crippen LogP contribution >= 0.6 is 0 Å². The average molecular weight is 373 g/mol. The number of aromatic nitrogens is 2. The number of fused-ring (bicyclic) bond motifs is 2. The van der Waals surface area contributed by atoms with Gasteiger partial charge >= 0.3 is 0 Å². The molecule has 1 spiro atoms. The van der Waals surface area contributed by atoms with E-state index in [2.05, 4.69) is 37.9 Å². The Hall–Kier alpha value is -1.44. The number of carbonyl (C=O) groups excluding carboxylic acids is 1. The van der Waals surface area contributed by atoms with Crippen LogP contribution in [0.1, 0.15) is 31.2 Å². The molecule has 0 radical (unpaired) electrons. The van der Waals surface area contributed by atoms with Gasteiger partial charge in [-0.15, -0.1) is 0 Å². The summed E-state index contributed by atoms with van der Waals surface area (Å²) < 4.78 is 1.88. The van der Waals surface area contributed by atoms with E-state index in [0.717, 1.165) is 64.6 Å². The molecule has 7 nitrogen and oxygen atoms in total. The lowest BCUT2D eigenvalue weighted by Crippen LogP contribution is -2.63. The van der Waals surface area contributed by atoms with Crippen LogP contribution < -0.4 is 0 Å². The molecule has 0 aromatic carbocycles. The Morgan fingerprint density at radius 2 is 1.93 bits per heavy atom. The molecule has 4 fully saturated rings. The normalized spacial score (nSPS) is 29.6. The third-order valence-corrected chi connectivity index (χ3v) is 7.13. The van der Waals surface area contributed by atoms with E-state index < -0.39 is 0 Å². The monoisotopic (exact) mass is 372 g/mol. The van der Waals surface area contributed by atoms with Gasteiger partial charge in [0, 0.05) is 64.6 Å². The van der Waals surface area contributed by atoms with E-state index in [-0.39, 0.29) is 11.7 Å². The van der Waals surface area contributed by atoms with Gasteiger partial charge in [0.25, 0.3) is 0 Å². The van der Waals surface area contributed by atoms with E-state index >= 15 is 0 Å². The fourth-order valence-electron chi connectivity index (χ4n) is 5.43. The lowest BCUT2D eigenvalue weighted by molar-refractivity contribution is -0.134. The molecule has 148 valence electrons. The lowest BCUT2D eigenvalue weighted by Gasteiger charge is -2.51. The Bertz CT molecular complexity index is 705. The van der Waals surface area contributed by atoms with Gasteiger partial charge in [-0.05, 0) is 38.6 Å². The van der Waals surface area contributed by atoms with Crippen LogP contribution in [0.15, 0.2) is 12.4 Å². The highest BCUT2D eigenvalue weighted by Crippen LogP contribution is 2.44. The van der Waals surface area contributed by atoms with Crippen LogP contribution in [0.3, 0.4) is 0 Å². The number of piperidine rings is 1. The molecule has 1 saturated carbocycles. The van der Waals surface area contributed by atoms with Crippen LogP contribution in [0.25, 0.3) is 0 Å². The molecular weight excluding hydrogens is 340 g/mol. The molecule has 1 atom stereocenters. The van der Waals surface area contributed by atoms with Crippen molar-refractivity contribution in [1.82, 2.24) is 29.4 Å². The number of nitrogens with zero attached hydrogens (tertiary/aromatic N) is 6. The van der Waals surface area contributed by atoms with E-state index in [4.69, 9.17) is 0 Å². The van der Waals surface area contributed by atoms with Crippen molar-refractivity contribution in [2.45, 2.75) is 43.9 Å². The molecule has 1 amide bonds. The van der Waals surface area contributed by atoms with Crippen LogP contribution in [0.4, 0.5) is 0 Å². The van der Waals surface area contributed by atoms with Gasteiger partial charge in [0.1, 0.15) is 6.04 Å². The standard InChI is InChI=1S/C20H32N6O/c1-22-9-10-25-18(15-22)19(27)26(14-16-3-4-16)20(25)5-7-24(8-6-20)13-17-11-21-23(2)12-17/h11-12,16,18H,3-10,13-15H2,1-2H3/t18-/m1/s1. The van der Waals surface area contributed by atoms with E-state index in [1.54, 1.807) is 0 Å². The smallest absolute Gasteiger partial charge is 0.242 e. The summed E-state index contributed by atoms with van der Waals surface area (Å²) in [6.45, 7) is 7.05. The van der Waals surface area contributed by atoms with Gasteiger partial charge in [0.15, 0.2) is 0 Å². The van der Waals surface area contributed by atoms with Crippen molar-refractivity contribution in [1.29, 1.82) is 0 Å². The quantitative estimate of drug-likeness (QED) is 0.774. The first-order valence-electron chi connectivity index (χ1n) is 10.5. The molecule has 27 heavy (non-hydrogen) atoms. The van der Waals surface area contributed by atoms with Gasteiger partial charge in [-0.2, -0.15) is 5.10 Å². The maximum Gasteiger partial charge on any atom is 0.242 e. The Labute approximate surface area is 161 Å². The highest BCUT2D eigenvalue weighted by Gasteiger charge is 2.58. The summed E-state index contributed by atoms with van der Waals surface area (Å²) in [5, 5.41) is 4.30. The molecule has 0 unspecified atom stereocenters. The second-order valence-electron chi connectivity index (χ2n) is 9.14. The Kier molecular flexibility index (Phi) is 4.29. The van der Waals surface area contributed by atoms with Crippen molar-refractivity contribution in [2.24, 2.45) is 13.0 Å². The third kappa shape index (κ3) is 3.09. The van der Waals surface area contributed by atoms with E-state index in [9.17, 15) is 4.79 Å². The zero-order valence-corrected chi connectivity index (χ0v) is 16.7. The van der Waals surface area contributed by atoms with E-state index in [1.807, 2.05) is 17.9 Å². The molecule has 0 bridgehead atoms. The first-order chi connectivity index (χ1) is 13.0. The zero-order valence-electron chi connectivity index (χ0n) is 16.7. The molecule has 7 heteroatoms. The largest absolute Gasteiger partial charge is 0.322 e. The minimum atomic E-state index is -0.0307. The zero-order chi connectivity index (χ0) is 18.6. The summed E-state index contributed by atoms with van der Waals surface area (Å²) in [7, 11) is 4.12. The second-order valence-corrected chi connectivity index (χ2v) is 9.14. The molecule has 5 rings (SSSR count). The van der Waals surface area contributed by atoms with Crippen LogP contribution in [0, 0.1) is 5.92 Å². The molecule has 1 aliphatic carbocycles. The van der Waals surface area contributed by atoms with Gasteiger partial charge in [-0.1, -0.05) is 0 Å². The predicted molar refractivity (Wildman–Crippen MR) is 103 cm³/mol. The molecule has 3 aliphatic heterocycles.